The van der Waals surface area contributed by atoms with Crippen molar-refractivity contribution in [1.82, 2.24) is 0 Å². The van der Waals surface area contributed by atoms with E-state index in [4.69, 9.17) is 22.9 Å². The van der Waals surface area contributed by atoms with Gasteiger partial charge in [-0.2, -0.15) is 0 Å². The Morgan fingerprint density at radius 3 is 0.882 bits per heavy atom. The molecule has 0 aliphatic carbocycles. The average molecular weight is 351 g/mol. The molecule has 4 nitrogen and oxygen atoms in total. The van der Waals surface area contributed by atoms with Crippen molar-refractivity contribution < 1.29 is 0 Å². The summed E-state index contributed by atoms with van der Waals surface area (Å²) in [5, 5.41) is 0. The van der Waals surface area contributed by atoms with Crippen LogP contribution in [0.15, 0.2) is 0 Å². The van der Waals surface area contributed by atoms with Gasteiger partial charge in [0.15, 0.2) is 0 Å². The van der Waals surface area contributed by atoms with Gasteiger partial charge in [0, 0.05) is 0 Å². The van der Waals surface area contributed by atoms with Gasteiger partial charge in [0.2, 0.25) is 0 Å². The van der Waals surface area contributed by atoms with Gasteiger partial charge in [-0.05, 0) is 0 Å². The van der Waals surface area contributed by atoms with Gasteiger partial charge in [-0.1, -0.05) is 0 Å². The van der Waals surface area contributed by atoms with Gasteiger partial charge >= 0.3 is 111 Å². The molecule has 0 amide bonds. The van der Waals surface area contributed by atoms with E-state index in [2.05, 4.69) is 0 Å². The van der Waals surface area contributed by atoms with Crippen LogP contribution in [0.1, 0.15) is 25.7 Å². The molecule has 0 unspecified atom stereocenters. The number of nitrogens with two attached hydrogens (primary N) is 4. The number of hydrogen-bond acceptors (Lipinski definition) is 4. The summed E-state index contributed by atoms with van der Waals surface area (Å²) in [6.07, 6.45) is 4.76. The van der Waals surface area contributed by atoms with Crippen LogP contribution in [0, 0.1) is 0 Å². The van der Waals surface area contributed by atoms with Crippen molar-refractivity contribution in [3.05, 3.63) is 0 Å². The molecule has 0 aliphatic rings. The van der Waals surface area contributed by atoms with Crippen LogP contribution in [0.2, 0.25) is 17.7 Å². The van der Waals surface area contributed by atoms with Crippen LogP contribution in [-0.4, -0.2) is 44.6 Å². The fourth-order valence-electron chi connectivity index (χ4n) is 2.66. The van der Waals surface area contributed by atoms with E-state index in [9.17, 15) is 0 Å². The quantitative estimate of drug-likeness (QED) is 0.391. The molecule has 0 saturated carbocycles. The zero-order valence-corrected chi connectivity index (χ0v) is 14.1. The maximum atomic E-state index is 5.68. The van der Waals surface area contributed by atoms with E-state index in [-0.39, 0.29) is 0 Å². The number of rotatable bonds is 12. The maximum absolute atomic E-state index is 5.68. The first-order valence-corrected chi connectivity index (χ1v) is 15.1. The molecule has 0 aromatic rings. The van der Waals surface area contributed by atoms with E-state index >= 15 is 0 Å². The van der Waals surface area contributed by atoms with E-state index in [0.29, 0.717) is 0 Å². The summed E-state index contributed by atoms with van der Waals surface area (Å²) in [5.74, 6) is 0. The first kappa shape index (κ1) is 17.6. The Balaban J connectivity index is 4.39. The van der Waals surface area contributed by atoms with Crippen molar-refractivity contribution >= 4 is 18.4 Å². The molecule has 0 saturated heterocycles. The second kappa shape index (κ2) is 11.7. The molecule has 0 bridgehead atoms. The van der Waals surface area contributed by atoms with E-state index < -0.39 is 18.4 Å². The third-order valence-corrected chi connectivity index (χ3v) is 19.8. The predicted molar refractivity (Wildman–Crippen MR) is 79.7 cm³/mol. The first-order valence-electron chi connectivity index (χ1n) is 7.05. The van der Waals surface area contributed by atoms with Crippen LogP contribution in [0.5, 0.6) is 0 Å². The Kier molecular flexibility index (Phi) is 12.2. The van der Waals surface area contributed by atoms with E-state index in [1.807, 2.05) is 0 Å². The van der Waals surface area contributed by atoms with Crippen LogP contribution in [0.3, 0.4) is 0 Å². The van der Waals surface area contributed by atoms with E-state index in [1.54, 1.807) is 0 Å². The molecule has 8 N–H and O–H groups in total. The van der Waals surface area contributed by atoms with Gasteiger partial charge in [-0.3, -0.25) is 0 Å². The minimum atomic E-state index is -2.01. The third kappa shape index (κ3) is 8.37. The Labute approximate surface area is 111 Å². The number of hydrogen-bond donors (Lipinski definition) is 4. The van der Waals surface area contributed by atoms with E-state index in [0.717, 1.165) is 26.2 Å². The SMILES string of the molecule is NCC[CH2][Sn]([CH2]CCN)([CH2]CCN)[CH2]CCN. The molecular weight excluding hydrogens is 319 g/mol. The van der Waals surface area contributed by atoms with Crippen LogP contribution in [0.25, 0.3) is 0 Å². The van der Waals surface area contributed by atoms with Crippen LogP contribution in [-0.2, 0) is 0 Å². The molecular formula is C12H32N4Sn. The topological polar surface area (TPSA) is 104 Å². The molecule has 17 heavy (non-hydrogen) atoms. The monoisotopic (exact) mass is 352 g/mol. The standard InChI is InChI=1S/4C3H8N.Sn/c4*1-2-3-4;/h4*1-4H2;. The van der Waals surface area contributed by atoms with E-state index in [1.165, 1.54) is 43.4 Å². The van der Waals surface area contributed by atoms with Crippen LogP contribution in [0.4, 0.5) is 0 Å². The van der Waals surface area contributed by atoms with Gasteiger partial charge < -0.3 is 0 Å². The molecule has 104 valence electrons. The fraction of sp³-hybridized carbons (Fsp3) is 1.00. The van der Waals surface area contributed by atoms with Crippen LogP contribution >= 0.6 is 0 Å². The molecule has 0 aliphatic heterocycles. The summed E-state index contributed by atoms with van der Waals surface area (Å²) in [6, 6.07) is 0. The molecule has 0 aromatic heterocycles. The van der Waals surface area contributed by atoms with Crippen molar-refractivity contribution in [3.63, 3.8) is 0 Å². The Hall–Kier alpha value is 0.639. The first-order chi connectivity index (χ1) is 8.24. The molecule has 0 heterocycles. The van der Waals surface area contributed by atoms with Crippen molar-refractivity contribution in [2.45, 2.75) is 43.4 Å². The van der Waals surface area contributed by atoms with Gasteiger partial charge in [0.05, 0.1) is 0 Å². The summed E-state index contributed by atoms with van der Waals surface area (Å²) in [4.78, 5) is 0. The Morgan fingerprint density at radius 2 is 0.706 bits per heavy atom. The van der Waals surface area contributed by atoms with Gasteiger partial charge in [-0.15, -0.1) is 0 Å². The summed E-state index contributed by atoms with van der Waals surface area (Å²) < 4.78 is 5.63. The summed E-state index contributed by atoms with van der Waals surface area (Å²) in [6.45, 7) is 3.30. The van der Waals surface area contributed by atoms with Crippen molar-refractivity contribution in [1.29, 1.82) is 0 Å². The molecule has 0 fully saturated rings. The minimum absolute atomic E-state index is 0.826. The molecule has 0 radical (unpaired) electrons. The van der Waals surface area contributed by atoms with Crippen molar-refractivity contribution in [2.24, 2.45) is 22.9 Å². The second-order valence-corrected chi connectivity index (χ2v) is 19.3. The zero-order valence-electron chi connectivity index (χ0n) is 11.3. The molecule has 0 atom stereocenters. The molecule has 5 heteroatoms. The van der Waals surface area contributed by atoms with Crippen molar-refractivity contribution in [2.75, 3.05) is 26.2 Å². The zero-order chi connectivity index (χ0) is 13.0. The van der Waals surface area contributed by atoms with Gasteiger partial charge in [0.1, 0.15) is 0 Å². The molecule has 0 rings (SSSR count). The molecule has 0 aromatic carbocycles. The Bertz CT molecular complexity index is 129. The summed E-state index contributed by atoms with van der Waals surface area (Å²) in [5.41, 5.74) is 22.7. The van der Waals surface area contributed by atoms with Gasteiger partial charge in [-0.25, -0.2) is 0 Å². The normalized spacial score (nSPS) is 12.0. The fourth-order valence-corrected chi connectivity index (χ4v) is 17.8. The summed E-state index contributed by atoms with van der Waals surface area (Å²) in [7, 11) is 0. The third-order valence-electron chi connectivity index (χ3n) is 3.64. The molecule has 0 spiro atoms. The van der Waals surface area contributed by atoms with Crippen molar-refractivity contribution in [3.8, 4) is 0 Å². The Morgan fingerprint density at radius 1 is 0.471 bits per heavy atom. The summed E-state index contributed by atoms with van der Waals surface area (Å²) >= 11 is -2.01. The van der Waals surface area contributed by atoms with Crippen LogP contribution < -0.4 is 22.9 Å². The average Bonchev–Trinajstić information content (AvgIpc) is 2.37. The van der Waals surface area contributed by atoms with Gasteiger partial charge in [0.25, 0.3) is 0 Å². The predicted octanol–water partition coefficient (Wildman–Crippen LogP) is 0.830. The second-order valence-electron chi connectivity index (χ2n) is 5.07.